The molecule has 0 N–H and O–H groups in total. The van der Waals surface area contributed by atoms with E-state index in [4.69, 9.17) is 1.37 Å². The van der Waals surface area contributed by atoms with E-state index in [2.05, 4.69) is 50.2 Å². The molecule has 4 rings (SSSR count). The number of hydrogen-bond donors (Lipinski definition) is 0. The minimum Gasteiger partial charge on any atom is -0.0616 e. The molecule has 0 atom stereocenters. The SMILES string of the molecule is [2H]c1cc2c(C)c3ccccc3c(C)c2c2ccccc12. The standard InChI is InChI=1S/C20H16/c1-13-16-8-5-6-9-17(16)14(2)20-18(13)12-11-15-7-3-4-10-19(15)20/h3-12H,1-2H3/i11D. The quantitative estimate of drug-likeness (QED) is 0.277. The lowest BCUT2D eigenvalue weighted by Gasteiger charge is -2.14. The van der Waals surface area contributed by atoms with Gasteiger partial charge in [-0.1, -0.05) is 60.6 Å². The third-order valence-corrected chi connectivity index (χ3v) is 4.35. The molecule has 0 aliphatic rings. The summed E-state index contributed by atoms with van der Waals surface area (Å²) in [6.45, 7) is 4.36. The highest BCUT2D eigenvalue weighted by Gasteiger charge is 2.10. The summed E-state index contributed by atoms with van der Waals surface area (Å²) in [6.07, 6.45) is 0. The van der Waals surface area contributed by atoms with Crippen LogP contribution in [0, 0.1) is 13.8 Å². The van der Waals surface area contributed by atoms with Crippen LogP contribution in [0.4, 0.5) is 0 Å². The summed E-state index contributed by atoms with van der Waals surface area (Å²) in [6, 6.07) is 19.4. The maximum Gasteiger partial charge on any atom is 0.0629 e. The van der Waals surface area contributed by atoms with Crippen molar-refractivity contribution < 1.29 is 1.37 Å². The van der Waals surface area contributed by atoms with Crippen molar-refractivity contribution in [1.82, 2.24) is 0 Å². The molecule has 96 valence electrons. The Labute approximate surface area is 120 Å². The van der Waals surface area contributed by atoms with Crippen LogP contribution in [-0.4, -0.2) is 0 Å². The molecule has 0 unspecified atom stereocenters. The first-order valence-corrected chi connectivity index (χ1v) is 6.98. The second-order valence-corrected chi connectivity index (χ2v) is 5.42. The van der Waals surface area contributed by atoms with Gasteiger partial charge in [0.25, 0.3) is 0 Å². The zero-order chi connectivity index (χ0) is 14.6. The van der Waals surface area contributed by atoms with Crippen LogP contribution < -0.4 is 0 Å². The van der Waals surface area contributed by atoms with E-state index in [1.807, 2.05) is 18.2 Å². The van der Waals surface area contributed by atoms with Crippen LogP contribution in [-0.2, 0) is 0 Å². The van der Waals surface area contributed by atoms with Gasteiger partial charge in [-0.05, 0) is 57.3 Å². The molecule has 0 fully saturated rings. The zero-order valence-corrected chi connectivity index (χ0v) is 11.7. The molecule has 0 heteroatoms. The van der Waals surface area contributed by atoms with Crippen molar-refractivity contribution in [2.45, 2.75) is 13.8 Å². The molecule has 0 amide bonds. The second-order valence-electron chi connectivity index (χ2n) is 5.42. The molecule has 0 bridgehead atoms. The molecule has 0 saturated heterocycles. The highest BCUT2D eigenvalue weighted by molar-refractivity contribution is 6.16. The Bertz CT molecular complexity index is 1010. The second kappa shape index (κ2) is 4.08. The molecule has 0 aliphatic carbocycles. The van der Waals surface area contributed by atoms with Crippen molar-refractivity contribution in [1.29, 1.82) is 0 Å². The Hall–Kier alpha value is -2.34. The van der Waals surface area contributed by atoms with E-state index in [-0.39, 0.29) is 0 Å². The van der Waals surface area contributed by atoms with Gasteiger partial charge in [-0.25, -0.2) is 0 Å². The Kier molecular flexibility index (Phi) is 2.13. The van der Waals surface area contributed by atoms with Crippen LogP contribution in [0.25, 0.3) is 32.3 Å². The molecule has 4 aromatic carbocycles. The fraction of sp³-hybridized carbons (Fsp3) is 0.100. The van der Waals surface area contributed by atoms with Crippen molar-refractivity contribution in [3.8, 4) is 0 Å². The van der Waals surface area contributed by atoms with Crippen LogP contribution in [0.1, 0.15) is 12.5 Å². The van der Waals surface area contributed by atoms with Crippen LogP contribution in [0.15, 0.2) is 60.6 Å². The summed E-state index contributed by atoms with van der Waals surface area (Å²) >= 11 is 0. The summed E-state index contributed by atoms with van der Waals surface area (Å²) in [5, 5.41) is 7.31. The maximum atomic E-state index is 8.32. The smallest absolute Gasteiger partial charge is 0.0616 e. The molecule has 0 nitrogen and oxygen atoms in total. The van der Waals surface area contributed by atoms with E-state index in [0.29, 0.717) is 6.04 Å². The molecule has 0 aliphatic heterocycles. The lowest BCUT2D eigenvalue weighted by atomic mass is 9.90. The average molecular weight is 257 g/mol. The van der Waals surface area contributed by atoms with E-state index in [9.17, 15) is 0 Å². The first-order chi connectivity index (χ1) is 10.2. The van der Waals surface area contributed by atoms with Gasteiger partial charge in [-0.2, -0.15) is 0 Å². The summed E-state index contributed by atoms with van der Waals surface area (Å²) < 4.78 is 8.32. The van der Waals surface area contributed by atoms with Crippen LogP contribution >= 0.6 is 0 Å². The van der Waals surface area contributed by atoms with E-state index in [1.54, 1.807) is 0 Å². The Morgan fingerprint density at radius 2 is 1.25 bits per heavy atom. The van der Waals surface area contributed by atoms with Crippen LogP contribution in [0.3, 0.4) is 0 Å². The predicted octanol–water partition coefficient (Wildman–Crippen LogP) is 5.76. The van der Waals surface area contributed by atoms with E-state index >= 15 is 0 Å². The van der Waals surface area contributed by atoms with Gasteiger partial charge < -0.3 is 0 Å². The topological polar surface area (TPSA) is 0 Å². The Balaban J connectivity index is 2.40. The number of hydrogen-bond acceptors (Lipinski definition) is 0. The van der Waals surface area contributed by atoms with E-state index in [1.165, 1.54) is 38.1 Å². The fourth-order valence-electron chi connectivity index (χ4n) is 3.31. The monoisotopic (exact) mass is 257 g/mol. The largest absolute Gasteiger partial charge is 0.0629 e. The summed E-state index contributed by atoms with van der Waals surface area (Å²) in [5.41, 5.74) is 2.58. The molecular weight excluding hydrogens is 240 g/mol. The average Bonchev–Trinajstić information content (AvgIpc) is 2.53. The molecule has 0 saturated carbocycles. The summed E-state index contributed by atoms with van der Waals surface area (Å²) in [4.78, 5) is 0. The van der Waals surface area contributed by atoms with Gasteiger partial charge in [0.05, 0.1) is 1.37 Å². The Morgan fingerprint density at radius 1 is 0.650 bits per heavy atom. The molecule has 20 heavy (non-hydrogen) atoms. The van der Waals surface area contributed by atoms with E-state index in [0.717, 1.165) is 5.39 Å². The number of rotatable bonds is 0. The first-order valence-electron chi connectivity index (χ1n) is 7.48. The van der Waals surface area contributed by atoms with Gasteiger partial charge >= 0.3 is 0 Å². The van der Waals surface area contributed by atoms with Crippen LogP contribution in [0.2, 0.25) is 0 Å². The summed E-state index contributed by atoms with van der Waals surface area (Å²) in [7, 11) is 0. The Morgan fingerprint density at radius 3 is 2.00 bits per heavy atom. The molecule has 4 aromatic rings. The number of fused-ring (bicyclic) bond motifs is 4. The number of benzene rings is 4. The molecular formula is C20H16. The molecule has 0 radical (unpaired) electrons. The fourth-order valence-corrected chi connectivity index (χ4v) is 3.31. The van der Waals surface area contributed by atoms with Gasteiger partial charge in [0.15, 0.2) is 0 Å². The normalized spacial score (nSPS) is 12.2. The molecule has 0 heterocycles. The minimum atomic E-state index is 0.607. The lowest BCUT2D eigenvalue weighted by Crippen LogP contribution is -1.89. The van der Waals surface area contributed by atoms with Gasteiger partial charge in [0.1, 0.15) is 0 Å². The molecule has 0 spiro atoms. The van der Waals surface area contributed by atoms with Crippen molar-refractivity contribution in [3.63, 3.8) is 0 Å². The number of aryl methyl sites for hydroxylation is 2. The van der Waals surface area contributed by atoms with Crippen molar-refractivity contribution in [2.24, 2.45) is 0 Å². The van der Waals surface area contributed by atoms with Crippen molar-refractivity contribution in [3.05, 3.63) is 71.8 Å². The zero-order valence-electron chi connectivity index (χ0n) is 12.7. The highest BCUT2D eigenvalue weighted by Crippen LogP contribution is 2.36. The van der Waals surface area contributed by atoms with Crippen molar-refractivity contribution >= 4 is 32.3 Å². The molecule has 0 aromatic heterocycles. The van der Waals surface area contributed by atoms with Gasteiger partial charge in [-0.3, -0.25) is 0 Å². The van der Waals surface area contributed by atoms with Crippen molar-refractivity contribution in [2.75, 3.05) is 0 Å². The third-order valence-electron chi connectivity index (χ3n) is 4.35. The maximum absolute atomic E-state index is 8.32. The van der Waals surface area contributed by atoms with Gasteiger partial charge in [0.2, 0.25) is 0 Å². The van der Waals surface area contributed by atoms with Gasteiger partial charge in [0, 0.05) is 0 Å². The third kappa shape index (κ3) is 1.42. The van der Waals surface area contributed by atoms with Crippen LogP contribution in [0.5, 0.6) is 0 Å². The first kappa shape index (κ1) is 10.4. The predicted molar refractivity (Wildman–Crippen MR) is 88.4 cm³/mol. The summed E-state index contributed by atoms with van der Waals surface area (Å²) in [5.74, 6) is 0. The minimum absolute atomic E-state index is 0.607. The van der Waals surface area contributed by atoms with Gasteiger partial charge in [-0.15, -0.1) is 0 Å². The lowest BCUT2D eigenvalue weighted by molar-refractivity contribution is 1.53. The highest BCUT2D eigenvalue weighted by atomic mass is 14.1. The van der Waals surface area contributed by atoms with E-state index < -0.39 is 0 Å².